The van der Waals surface area contributed by atoms with Crippen molar-refractivity contribution >= 4 is 23.3 Å². The zero-order chi connectivity index (χ0) is 15.8. The summed E-state index contributed by atoms with van der Waals surface area (Å²) in [5.41, 5.74) is 3.81. The summed E-state index contributed by atoms with van der Waals surface area (Å²) in [7, 11) is 0. The predicted molar refractivity (Wildman–Crippen MR) is 93.2 cm³/mol. The Labute approximate surface area is 138 Å². The maximum absolute atomic E-state index is 12.0. The van der Waals surface area contributed by atoms with Gasteiger partial charge in [-0.2, -0.15) is 0 Å². The van der Waals surface area contributed by atoms with Gasteiger partial charge in [0.1, 0.15) is 5.52 Å². The van der Waals surface area contributed by atoms with E-state index >= 15 is 0 Å². The number of rotatable bonds is 4. The fourth-order valence-corrected chi connectivity index (χ4v) is 3.33. The van der Waals surface area contributed by atoms with Gasteiger partial charge < -0.3 is 9.55 Å². The van der Waals surface area contributed by atoms with Crippen LogP contribution in [0.2, 0.25) is 0 Å². The molecule has 0 aliphatic carbocycles. The molecular weight excluding hydrogens is 308 g/mol. The highest BCUT2D eigenvalue weighted by atomic mass is 32.1. The van der Waals surface area contributed by atoms with Crippen molar-refractivity contribution in [3.63, 3.8) is 0 Å². The molecule has 3 aromatic rings. The standard InChI is InChI=1S/C17H18N4OS/c22-16-15-14(6-7-18-15)21(17(23)19-16)11-13-5-2-1-4-12(13)10-20-8-3-9-20/h1-2,4-7,18H,3,8-11H2,(H,19,22,23). The molecule has 1 fully saturated rings. The van der Waals surface area contributed by atoms with E-state index in [0.29, 0.717) is 16.8 Å². The van der Waals surface area contributed by atoms with E-state index in [4.69, 9.17) is 12.2 Å². The molecule has 3 heterocycles. The van der Waals surface area contributed by atoms with Gasteiger partial charge in [-0.25, -0.2) is 0 Å². The van der Waals surface area contributed by atoms with Gasteiger partial charge in [0.05, 0.1) is 12.1 Å². The lowest BCUT2D eigenvalue weighted by molar-refractivity contribution is 0.172. The molecule has 4 rings (SSSR count). The number of benzene rings is 1. The molecule has 118 valence electrons. The van der Waals surface area contributed by atoms with Crippen LogP contribution in [0.25, 0.3) is 11.0 Å². The number of hydrogen-bond acceptors (Lipinski definition) is 3. The predicted octanol–water partition coefficient (Wildman–Crippen LogP) is 2.64. The Kier molecular flexibility index (Phi) is 3.63. The van der Waals surface area contributed by atoms with Crippen molar-refractivity contribution in [2.24, 2.45) is 0 Å². The van der Waals surface area contributed by atoms with Crippen LogP contribution in [0.4, 0.5) is 0 Å². The molecule has 0 atom stereocenters. The van der Waals surface area contributed by atoms with Gasteiger partial charge in [0, 0.05) is 12.7 Å². The van der Waals surface area contributed by atoms with E-state index in [1.165, 1.54) is 30.6 Å². The summed E-state index contributed by atoms with van der Waals surface area (Å²) in [4.78, 5) is 20.1. The largest absolute Gasteiger partial charge is 0.355 e. The minimum Gasteiger partial charge on any atom is -0.355 e. The molecule has 1 saturated heterocycles. The highest BCUT2D eigenvalue weighted by Crippen LogP contribution is 2.18. The van der Waals surface area contributed by atoms with Crippen molar-refractivity contribution in [3.8, 4) is 0 Å². The number of hydrogen-bond donors (Lipinski definition) is 2. The zero-order valence-electron chi connectivity index (χ0n) is 12.7. The zero-order valence-corrected chi connectivity index (χ0v) is 13.5. The SMILES string of the molecule is O=c1[nH]c(=S)n(Cc2ccccc2CN2CCC2)c2cc[nH]c12. The van der Waals surface area contributed by atoms with E-state index in [0.717, 1.165) is 12.1 Å². The summed E-state index contributed by atoms with van der Waals surface area (Å²) in [5.74, 6) is 0. The van der Waals surface area contributed by atoms with Crippen LogP contribution in [-0.4, -0.2) is 32.5 Å². The number of aromatic amines is 2. The normalized spacial score (nSPS) is 15.0. The second-order valence-corrected chi connectivity index (χ2v) is 6.37. The average molecular weight is 326 g/mol. The monoisotopic (exact) mass is 326 g/mol. The summed E-state index contributed by atoms with van der Waals surface area (Å²) in [6.45, 7) is 3.99. The van der Waals surface area contributed by atoms with Crippen LogP contribution >= 0.6 is 12.2 Å². The summed E-state index contributed by atoms with van der Waals surface area (Å²) in [6, 6.07) is 10.4. The Morgan fingerprint density at radius 1 is 1.09 bits per heavy atom. The smallest absolute Gasteiger partial charge is 0.276 e. The Bertz CT molecular complexity index is 964. The Hall–Kier alpha value is -2.18. The van der Waals surface area contributed by atoms with Crippen LogP contribution in [0.1, 0.15) is 17.5 Å². The molecule has 6 heteroatoms. The molecule has 5 nitrogen and oxygen atoms in total. The topological polar surface area (TPSA) is 56.8 Å². The molecule has 0 spiro atoms. The molecule has 0 saturated carbocycles. The van der Waals surface area contributed by atoms with E-state index in [-0.39, 0.29) is 5.56 Å². The van der Waals surface area contributed by atoms with Crippen molar-refractivity contribution in [1.29, 1.82) is 0 Å². The first-order chi connectivity index (χ1) is 11.2. The first-order valence-electron chi connectivity index (χ1n) is 7.82. The fourth-order valence-electron chi connectivity index (χ4n) is 3.08. The minimum atomic E-state index is -0.167. The molecule has 2 N–H and O–H groups in total. The van der Waals surface area contributed by atoms with Crippen LogP contribution in [0.5, 0.6) is 0 Å². The third-order valence-corrected chi connectivity index (χ3v) is 4.82. The lowest BCUT2D eigenvalue weighted by atomic mass is 10.1. The summed E-state index contributed by atoms with van der Waals surface area (Å²) < 4.78 is 2.44. The first kappa shape index (κ1) is 14.4. The van der Waals surface area contributed by atoms with E-state index < -0.39 is 0 Å². The molecule has 1 aliphatic rings. The van der Waals surface area contributed by atoms with Crippen LogP contribution in [-0.2, 0) is 13.1 Å². The molecule has 23 heavy (non-hydrogen) atoms. The molecule has 1 aliphatic heterocycles. The van der Waals surface area contributed by atoms with E-state index in [1.807, 2.05) is 10.6 Å². The lowest BCUT2D eigenvalue weighted by Crippen LogP contribution is -2.36. The van der Waals surface area contributed by atoms with Crippen LogP contribution in [0, 0.1) is 4.77 Å². The van der Waals surface area contributed by atoms with Gasteiger partial charge in [-0.05, 0) is 48.9 Å². The second kappa shape index (κ2) is 5.79. The molecule has 0 amide bonds. The van der Waals surface area contributed by atoms with Gasteiger partial charge >= 0.3 is 0 Å². The van der Waals surface area contributed by atoms with Gasteiger partial charge in [0.25, 0.3) is 5.56 Å². The first-order valence-corrected chi connectivity index (χ1v) is 8.22. The Morgan fingerprint density at radius 2 is 1.83 bits per heavy atom. The second-order valence-electron chi connectivity index (χ2n) is 5.98. The molecule has 2 aromatic heterocycles. The van der Waals surface area contributed by atoms with Crippen molar-refractivity contribution < 1.29 is 0 Å². The Morgan fingerprint density at radius 3 is 2.52 bits per heavy atom. The van der Waals surface area contributed by atoms with E-state index in [9.17, 15) is 4.79 Å². The highest BCUT2D eigenvalue weighted by Gasteiger charge is 2.16. The van der Waals surface area contributed by atoms with Crippen molar-refractivity contribution in [3.05, 3.63) is 62.8 Å². The van der Waals surface area contributed by atoms with Gasteiger partial charge in [-0.1, -0.05) is 24.3 Å². The maximum Gasteiger partial charge on any atom is 0.276 e. The average Bonchev–Trinajstić information content (AvgIpc) is 2.98. The molecule has 1 aromatic carbocycles. The Balaban J connectivity index is 1.75. The van der Waals surface area contributed by atoms with Crippen molar-refractivity contribution in [2.75, 3.05) is 13.1 Å². The van der Waals surface area contributed by atoms with Gasteiger partial charge in [-0.15, -0.1) is 0 Å². The number of nitrogens with one attached hydrogen (secondary N) is 2. The number of likely N-dealkylation sites (tertiary alicyclic amines) is 1. The summed E-state index contributed by atoms with van der Waals surface area (Å²) in [6.07, 6.45) is 3.06. The summed E-state index contributed by atoms with van der Waals surface area (Å²) in [5, 5.41) is 0. The van der Waals surface area contributed by atoms with Gasteiger partial charge in [0.15, 0.2) is 4.77 Å². The quantitative estimate of drug-likeness (QED) is 0.725. The van der Waals surface area contributed by atoms with E-state index in [2.05, 4.69) is 39.1 Å². The lowest BCUT2D eigenvalue weighted by Gasteiger charge is -2.31. The maximum atomic E-state index is 12.0. The van der Waals surface area contributed by atoms with Crippen LogP contribution < -0.4 is 5.56 Å². The molecule has 0 bridgehead atoms. The number of fused-ring (bicyclic) bond motifs is 1. The van der Waals surface area contributed by atoms with Gasteiger partial charge in [-0.3, -0.25) is 14.7 Å². The van der Waals surface area contributed by atoms with Crippen molar-refractivity contribution in [1.82, 2.24) is 19.4 Å². The third-order valence-electron chi connectivity index (χ3n) is 4.50. The third kappa shape index (κ3) is 2.64. The molecule has 0 radical (unpaired) electrons. The number of H-pyrrole nitrogens is 2. The minimum absolute atomic E-state index is 0.167. The number of aromatic nitrogens is 3. The molecule has 0 unspecified atom stereocenters. The van der Waals surface area contributed by atoms with Crippen molar-refractivity contribution in [2.45, 2.75) is 19.5 Å². The van der Waals surface area contributed by atoms with E-state index in [1.54, 1.807) is 6.20 Å². The van der Waals surface area contributed by atoms with Crippen LogP contribution in [0.3, 0.4) is 0 Å². The fraction of sp³-hybridized carbons (Fsp3) is 0.294. The summed E-state index contributed by atoms with van der Waals surface area (Å²) >= 11 is 5.38. The molecular formula is C17H18N4OS. The highest BCUT2D eigenvalue weighted by molar-refractivity contribution is 7.71. The number of nitrogens with zero attached hydrogens (tertiary/aromatic N) is 2. The van der Waals surface area contributed by atoms with Crippen LogP contribution in [0.15, 0.2) is 41.3 Å². The van der Waals surface area contributed by atoms with Gasteiger partial charge in [0.2, 0.25) is 0 Å².